The number of nitrogens with zero attached hydrogens (tertiary/aromatic N) is 4. The van der Waals surface area contributed by atoms with E-state index in [1.807, 2.05) is 37.4 Å². The first-order valence-corrected chi connectivity index (χ1v) is 11.6. The van der Waals surface area contributed by atoms with Gasteiger partial charge in [0, 0.05) is 24.8 Å². The highest BCUT2D eigenvalue weighted by Gasteiger charge is 2.19. The number of hydrogen-bond acceptors (Lipinski definition) is 11. The lowest BCUT2D eigenvalue weighted by Gasteiger charge is -2.30. The van der Waals surface area contributed by atoms with E-state index in [9.17, 15) is 4.79 Å². The van der Waals surface area contributed by atoms with Crippen molar-refractivity contribution in [1.29, 1.82) is 0 Å². The molecule has 12 nitrogen and oxygen atoms in total. The second-order valence-corrected chi connectivity index (χ2v) is 7.85. The molecule has 0 aliphatic carbocycles. The van der Waals surface area contributed by atoms with Crippen LogP contribution >= 0.6 is 13.5 Å². The highest BCUT2D eigenvalue weighted by Crippen LogP contribution is 2.27. The third-order valence-electron chi connectivity index (χ3n) is 5.40. The first-order valence-electron chi connectivity index (χ1n) is 11.6. The number of aromatic nitrogens is 3. The van der Waals surface area contributed by atoms with Crippen LogP contribution in [-0.4, -0.2) is 73.5 Å². The van der Waals surface area contributed by atoms with Gasteiger partial charge in [-0.1, -0.05) is 0 Å². The molecule has 1 saturated heterocycles. The number of benzene rings is 1. The Hall–Kier alpha value is -4.03. The summed E-state index contributed by atoms with van der Waals surface area (Å²) in [5.41, 5.74) is 8.87. The van der Waals surface area contributed by atoms with E-state index < -0.39 is 5.91 Å². The fourth-order valence-electron chi connectivity index (χ4n) is 3.61. The average Bonchev–Trinajstić information content (AvgIpc) is 2.93. The SMILES string of the molecule is CNCCCOc1ccc(-c2cnc(N)c(C(=O)Nc3cnccc3N3CCOCC3)n2)cc1.O=C=O.S. The van der Waals surface area contributed by atoms with Crippen LogP contribution in [0.5, 0.6) is 5.75 Å². The molecule has 1 amide bonds. The Morgan fingerprint density at radius 1 is 1.16 bits per heavy atom. The zero-order chi connectivity index (χ0) is 26.5. The number of nitrogen functional groups attached to an aromatic ring is 1. The number of hydrogen-bond donors (Lipinski definition) is 3. The molecule has 3 heterocycles. The Labute approximate surface area is 227 Å². The number of nitrogens with two attached hydrogens (primary N) is 1. The van der Waals surface area contributed by atoms with Crippen LogP contribution in [0.4, 0.5) is 17.2 Å². The Bertz CT molecular complexity index is 1200. The number of nitrogens with one attached hydrogen (secondary N) is 2. The molecule has 0 atom stereocenters. The van der Waals surface area contributed by atoms with Crippen LogP contribution in [0.15, 0.2) is 48.9 Å². The van der Waals surface area contributed by atoms with Gasteiger partial charge in [0.2, 0.25) is 0 Å². The summed E-state index contributed by atoms with van der Waals surface area (Å²) >= 11 is 0. The van der Waals surface area contributed by atoms with Crippen molar-refractivity contribution in [2.24, 2.45) is 0 Å². The van der Waals surface area contributed by atoms with Crippen LogP contribution in [-0.2, 0) is 14.3 Å². The van der Waals surface area contributed by atoms with Gasteiger partial charge < -0.3 is 30.7 Å². The number of anilines is 3. The minimum atomic E-state index is -0.446. The van der Waals surface area contributed by atoms with E-state index in [1.54, 1.807) is 18.6 Å². The lowest BCUT2D eigenvalue weighted by Crippen LogP contribution is -2.36. The summed E-state index contributed by atoms with van der Waals surface area (Å²) in [5.74, 6) is 0.384. The lowest BCUT2D eigenvalue weighted by atomic mass is 10.1. The fraction of sp³-hybridized carbons (Fsp3) is 0.320. The van der Waals surface area contributed by atoms with E-state index in [4.69, 9.17) is 24.8 Å². The van der Waals surface area contributed by atoms with Crippen molar-refractivity contribution < 1.29 is 23.9 Å². The minimum Gasteiger partial charge on any atom is -0.494 e. The van der Waals surface area contributed by atoms with E-state index in [0.29, 0.717) is 31.2 Å². The number of pyridine rings is 1. The molecule has 13 heteroatoms. The van der Waals surface area contributed by atoms with Crippen molar-refractivity contribution >= 4 is 42.7 Å². The third kappa shape index (κ3) is 8.53. The summed E-state index contributed by atoms with van der Waals surface area (Å²) in [6.07, 6.45) is 6.04. The molecule has 2 aromatic heterocycles. The van der Waals surface area contributed by atoms with Crippen LogP contribution in [0.25, 0.3) is 11.3 Å². The molecule has 1 fully saturated rings. The smallest absolute Gasteiger partial charge is 0.373 e. The van der Waals surface area contributed by atoms with Crippen LogP contribution in [0, 0.1) is 0 Å². The maximum atomic E-state index is 13.1. The molecule has 0 bridgehead atoms. The van der Waals surface area contributed by atoms with Gasteiger partial charge >= 0.3 is 6.15 Å². The van der Waals surface area contributed by atoms with Gasteiger partial charge in [0.25, 0.3) is 5.91 Å². The number of morpholine rings is 1. The van der Waals surface area contributed by atoms with Crippen molar-refractivity contribution in [3.8, 4) is 17.0 Å². The maximum Gasteiger partial charge on any atom is 0.373 e. The van der Waals surface area contributed by atoms with Gasteiger partial charge in [0.1, 0.15) is 5.75 Å². The van der Waals surface area contributed by atoms with Crippen molar-refractivity contribution in [3.63, 3.8) is 0 Å². The predicted octanol–water partition coefficient (Wildman–Crippen LogP) is 1.73. The van der Waals surface area contributed by atoms with E-state index in [1.165, 1.54) is 0 Å². The number of carbonyl (C=O) groups is 1. The topological polar surface area (TPSA) is 162 Å². The van der Waals surface area contributed by atoms with Gasteiger partial charge in [-0.3, -0.25) is 9.78 Å². The molecule has 202 valence electrons. The van der Waals surface area contributed by atoms with Gasteiger partial charge in [-0.25, -0.2) is 9.97 Å². The van der Waals surface area contributed by atoms with Crippen molar-refractivity contribution in [2.75, 3.05) is 62.5 Å². The zero-order valence-electron chi connectivity index (χ0n) is 21.0. The molecule has 0 unspecified atom stereocenters. The summed E-state index contributed by atoms with van der Waals surface area (Å²) in [7, 11) is 1.91. The highest BCUT2D eigenvalue weighted by atomic mass is 32.1. The monoisotopic (exact) mass is 541 g/mol. The molecule has 0 radical (unpaired) electrons. The Morgan fingerprint density at radius 2 is 1.87 bits per heavy atom. The summed E-state index contributed by atoms with van der Waals surface area (Å²) in [5, 5.41) is 5.98. The summed E-state index contributed by atoms with van der Waals surface area (Å²) in [4.78, 5) is 44.3. The average molecular weight is 542 g/mol. The normalized spacial score (nSPS) is 12.3. The van der Waals surface area contributed by atoms with Gasteiger partial charge in [-0.05, 0) is 50.3 Å². The molecular formula is C25H31N7O5S. The highest BCUT2D eigenvalue weighted by molar-refractivity contribution is 7.59. The zero-order valence-corrected chi connectivity index (χ0v) is 22.0. The van der Waals surface area contributed by atoms with E-state index in [-0.39, 0.29) is 31.2 Å². The second kappa shape index (κ2) is 15.9. The molecule has 0 saturated carbocycles. The molecule has 4 rings (SSSR count). The first-order chi connectivity index (χ1) is 18.1. The quantitative estimate of drug-likeness (QED) is 0.338. The number of carbonyl (C=O) groups excluding carboxylic acids is 3. The molecule has 0 spiro atoms. The van der Waals surface area contributed by atoms with Crippen molar-refractivity contribution in [2.45, 2.75) is 6.42 Å². The van der Waals surface area contributed by atoms with Crippen molar-refractivity contribution in [1.82, 2.24) is 20.3 Å². The Balaban J connectivity index is 0.00000121. The molecule has 1 aliphatic heterocycles. The van der Waals surface area contributed by atoms with Crippen LogP contribution < -0.4 is 26.0 Å². The van der Waals surface area contributed by atoms with E-state index in [2.05, 4.69) is 30.5 Å². The molecule has 38 heavy (non-hydrogen) atoms. The fourth-order valence-corrected chi connectivity index (χ4v) is 3.61. The second-order valence-electron chi connectivity index (χ2n) is 7.85. The largest absolute Gasteiger partial charge is 0.494 e. The number of rotatable bonds is 9. The van der Waals surface area contributed by atoms with Gasteiger partial charge in [0.15, 0.2) is 11.5 Å². The lowest BCUT2D eigenvalue weighted by molar-refractivity contribution is -0.191. The van der Waals surface area contributed by atoms with Crippen LogP contribution in [0.1, 0.15) is 16.9 Å². The summed E-state index contributed by atoms with van der Waals surface area (Å²) in [6, 6.07) is 9.38. The van der Waals surface area contributed by atoms with Gasteiger partial charge in [0.05, 0.1) is 49.3 Å². The molecule has 1 aliphatic rings. The Kier molecular flexibility index (Phi) is 12.7. The molecule has 3 aromatic rings. The number of ether oxygens (including phenoxy) is 2. The molecule has 1 aromatic carbocycles. The predicted molar refractivity (Wildman–Crippen MR) is 147 cm³/mol. The molecular weight excluding hydrogens is 510 g/mol. The van der Waals surface area contributed by atoms with Gasteiger partial charge in [-0.15, -0.1) is 0 Å². The standard InChI is InChI=1S/C24H29N7O3.CO2.H2S/c1-26-8-2-12-34-18-5-3-17(4-6-18)19-16-28-23(25)22(29-19)24(32)30-20-15-27-9-7-21(20)31-10-13-33-14-11-31;2-1-3;/h3-7,9,15-16,26H,2,8,10-14H2,1H3,(H2,25,28)(H,30,32);;1H2. The first kappa shape index (κ1) is 30.2. The van der Waals surface area contributed by atoms with Gasteiger partial charge in [-0.2, -0.15) is 23.1 Å². The van der Waals surface area contributed by atoms with Crippen molar-refractivity contribution in [3.05, 3.63) is 54.6 Å². The third-order valence-corrected chi connectivity index (χ3v) is 5.40. The van der Waals surface area contributed by atoms with E-state index >= 15 is 0 Å². The summed E-state index contributed by atoms with van der Waals surface area (Å²) < 4.78 is 11.2. The Morgan fingerprint density at radius 3 is 2.55 bits per heavy atom. The number of amides is 1. The summed E-state index contributed by atoms with van der Waals surface area (Å²) in [6.45, 7) is 4.27. The van der Waals surface area contributed by atoms with Crippen LogP contribution in [0.3, 0.4) is 0 Å². The van der Waals surface area contributed by atoms with E-state index in [0.717, 1.165) is 43.1 Å². The van der Waals surface area contributed by atoms with Crippen LogP contribution in [0.2, 0.25) is 0 Å². The maximum absolute atomic E-state index is 13.1. The minimum absolute atomic E-state index is 0. The molecule has 4 N–H and O–H groups in total.